The lowest BCUT2D eigenvalue weighted by Gasteiger charge is -2.22. The average molecular weight is 312 g/mol. The third kappa shape index (κ3) is 3.63. The summed E-state index contributed by atoms with van der Waals surface area (Å²) < 4.78 is 7.83. The molecule has 4 nitrogen and oxygen atoms in total. The molecular formula is C19H24N2O2. The second kappa shape index (κ2) is 7.44. The third-order valence-corrected chi connectivity index (χ3v) is 4.41. The predicted octanol–water partition coefficient (Wildman–Crippen LogP) is 3.82. The van der Waals surface area contributed by atoms with Gasteiger partial charge in [0, 0.05) is 30.9 Å². The van der Waals surface area contributed by atoms with E-state index in [1.807, 2.05) is 22.9 Å². The highest BCUT2D eigenvalue weighted by Gasteiger charge is 2.21. The van der Waals surface area contributed by atoms with Gasteiger partial charge in [0.15, 0.2) is 5.78 Å². The molecule has 0 spiro atoms. The monoisotopic (exact) mass is 312 g/mol. The van der Waals surface area contributed by atoms with Gasteiger partial charge in [-0.2, -0.15) is 0 Å². The first-order valence-corrected chi connectivity index (χ1v) is 8.56. The molecule has 1 aliphatic rings. The second-order valence-corrected chi connectivity index (χ2v) is 6.10. The van der Waals surface area contributed by atoms with E-state index in [4.69, 9.17) is 4.74 Å². The van der Waals surface area contributed by atoms with Crippen LogP contribution in [0.25, 0.3) is 0 Å². The minimum absolute atomic E-state index is 0.221. The number of Topliss-reactive ketones (excluding diaryl/α,β-unsaturated/α-hetero) is 1. The highest BCUT2D eigenvalue weighted by atomic mass is 16.5. The maximum atomic E-state index is 12.7. The fraction of sp³-hybridized carbons (Fsp3) is 0.474. The Hall–Kier alpha value is -2.10. The number of hydrogen-bond acceptors (Lipinski definition) is 3. The number of hydrogen-bond donors (Lipinski definition) is 0. The fourth-order valence-corrected chi connectivity index (χ4v) is 3.23. The van der Waals surface area contributed by atoms with Crippen molar-refractivity contribution in [3.05, 3.63) is 47.5 Å². The maximum Gasteiger partial charge on any atom is 0.164 e. The van der Waals surface area contributed by atoms with Gasteiger partial charge in [0.2, 0.25) is 0 Å². The van der Waals surface area contributed by atoms with E-state index in [-0.39, 0.29) is 5.78 Å². The van der Waals surface area contributed by atoms with Gasteiger partial charge in [-0.1, -0.05) is 6.92 Å². The molecule has 0 fully saturated rings. The Morgan fingerprint density at radius 3 is 2.83 bits per heavy atom. The van der Waals surface area contributed by atoms with Crippen molar-refractivity contribution in [3.8, 4) is 5.75 Å². The van der Waals surface area contributed by atoms with Gasteiger partial charge in [0.1, 0.15) is 5.75 Å². The van der Waals surface area contributed by atoms with Crippen molar-refractivity contribution in [2.45, 2.75) is 52.0 Å². The summed E-state index contributed by atoms with van der Waals surface area (Å²) in [6.45, 7) is 3.53. The normalized spacial score (nSPS) is 13.6. The van der Waals surface area contributed by atoms with Crippen LogP contribution in [0.5, 0.6) is 5.75 Å². The fourth-order valence-electron chi connectivity index (χ4n) is 3.23. The van der Waals surface area contributed by atoms with Crippen LogP contribution in [0.2, 0.25) is 0 Å². The molecule has 0 radical (unpaired) electrons. The lowest BCUT2D eigenvalue weighted by atomic mass is 9.86. The molecule has 1 aromatic carbocycles. The first-order chi connectivity index (χ1) is 11.3. The number of benzene rings is 1. The second-order valence-electron chi connectivity index (χ2n) is 6.10. The van der Waals surface area contributed by atoms with Gasteiger partial charge < -0.3 is 9.30 Å². The van der Waals surface area contributed by atoms with Crippen LogP contribution in [0.15, 0.2) is 30.9 Å². The van der Waals surface area contributed by atoms with E-state index in [0.29, 0.717) is 13.0 Å². The Morgan fingerprint density at radius 1 is 1.26 bits per heavy atom. The zero-order valence-corrected chi connectivity index (χ0v) is 13.8. The molecule has 0 atom stereocenters. The highest BCUT2D eigenvalue weighted by Crippen LogP contribution is 2.33. The number of imidazole rings is 1. The van der Waals surface area contributed by atoms with Crippen molar-refractivity contribution < 1.29 is 9.53 Å². The molecule has 0 amide bonds. The van der Waals surface area contributed by atoms with E-state index in [0.717, 1.165) is 43.6 Å². The van der Waals surface area contributed by atoms with E-state index < -0.39 is 0 Å². The number of aryl methyl sites for hydroxylation is 1. The quantitative estimate of drug-likeness (QED) is 0.730. The van der Waals surface area contributed by atoms with Gasteiger partial charge in [-0.25, -0.2) is 4.98 Å². The summed E-state index contributed by atoms with van der Waals surface area (Å²) in [6.07, 6.45) is 11.3. The van der Waals surface area contributed by atoms with Crippen molar-refractivity contribution in [2.24, 2.45) is 0 Å². The van der Waals surface area contributed by atoms with Crippen LogP contribution in [0.1, 0.15) is 54.1 Å². The molecule has 1 aromatic heterocycles. The topological polar surface area (TPSA) is 44.1 Å². The van der Waals surface area contributed by atoms with Crippen LogP contribution in [-0.4, -0.2) is 21.9 Å². The van der Waals surface area contributed by atoms with E-state index in [2.05, 4.69) is 11.9 Å². The summed E-state index contributed by atoms with van der Waals surface area (Å²) in [5.74, 6) is 1.20. The molecule has 122 valence electrons. The predicted molar refractivity (Wildman–Crippen MR) is 90.0 cm³/mol. The largest absolute Gasteiger partial charge is 0.493 e. The van der Waals surface area contributed by atoms with Gasteiger partial charge in [0.05, 0.1) is 12.9 Å². The smallest absolute Gasteiger partial charge is 0.164 e. The molecular weight excluding hydrogens is 288 g/mol. The van der Waals surface area contributed by atoms with Crippen molar-refractivity contribution in [1.29, 1.82) is 0 Å². The first-order valence-electron chi connectivity index (χ1n) is 8.56. The number of aromatic nitrogens is 2. The molecule has 0 bridgehead atoms. The SMILES string of the molecule is CCCOc1ccc(C(=O)CCn2ccnc2)c2c1CCCC2. The van der Waals surface area contributed by atoms with E-state index in [9.17, 15) is 4.79 Å². The zero-order chi connectivity index (χ0) is 16.1. The Morgan fingerprint density at radius 2 is 2.09 bits per heavy atom. The van der Waals surface area contributed by atoms with E-state index in [1.54, 1.807) is 12.5 Å². The summed E-state index contributed by atoms with van der Waals surface area (Å²) in [4.78, 5) is 16.7. The molecule has 0 aliphatic heterocycles. The number of carbonyl (C=O) groups excluding carboxylic acids is 1. The number of carbonyl (C=O) groups is 1. The Kier molecular flexibility index (Phi) is 5.11. The standard InChI is InChI=1S/C19H24N2O2/c1-2-13-23-19-8-7-16(15-5-3-4-6-17(15)19)18(22)9-11-21-12-10-20-14-21/h7-8,10,12,14H,2-6,9,11,13H2,1H3. The molecule has 0 unspecified atom stereocenters. The van der Waals surface area contributed by atoms with Crippen LogP contribution >= 0.6 is 0 Å². The van der Waals surface area contributed by atoms with Crippen molar-refractivity contribution in [2.75, 3.05) is 6.61 Å². The van der Waals surface area contributed by atoms with Crippen molar-refractivity contribution in [3.63, 3.8) is 0 Å². The van der Waals surface area contributed by atoms with E-state index >= 15 is 0 Å². The van der Waals surface area contributed by atoms with E-state index in [1.165, 1.54) is 17.5 Å². The molecule has 0 N–H and O–H groups in total. The average Bonchev–Trinajstić information content (AvgIpc) is 3.11. The lowest BCUT2D eigenvalue weighted by Crippen LogP contribution is -2.14. The summed E-state index contributed by atoms with van der Waals surface area (Å²) in [7, 11) is 0. The van der Waals surface area contributed by atoms with Gasteiger partial charge in [0.25, 0.3) is 0 Å². The molecule has 3 rings (SSSR count). The summed E-state index contributed by atoms with van der Waals surface area (Å²) >= 11 is 0. The van der Waals surface area contributed by atoms with Crippen molar-refractivity contribution in [1.82, 2.24) is 9.55 Å². The van der Waals surface area contributed by atoms with Crippen molar-refractivity contribution >= 4 is 5.78 Å². The van der Waals surface area contributed by atoms with Crippen LogP contribution in [0.4, 0.5) is 0 Å². The Balaban J connectivity index is 1.79. The summed E-state index contributed by atoms with van der Waals surface area (Å²) in [6, 6.07) is 3.95. The molecule has 1 aliphatic carbocycles. The van der Waals surface area contributed by atoms with Crippen LogP contribution in [0.3, 0.4) is 0 Å². The number of nitrogens with zero attached hydrogens (tertiary/aromatic N) is 2. The molecule has 4 heteroatoms. The summed E-state index contributed by atoms with van der Waals surface area (Å²) in [5, 5.41) is 0. The Bertz CT molecular complexity index is 662. The molecule has 0 saturated carbocycles. The van der Waals surface area contributed by atoms with Gasteiger partial charge in [-0.15, -0.1) is 0 Å². The zero-order valence-electron chi connectivity index (χ0n) is 13.8. The third-order valence-electron chi connectivity index (χ3n) is 4.41. The minimum Gasteiger partial charge on any atom is -0.493 e. The lowest BCUT2D eigenvalue weighted by molar-refractivity contribution is 0.0975. The number of ketones is 1. The molecule has 23 heavy (non-hydrogen) atoms. The molecule has 2 aromatic rings. The van der Waals surface area contributed by atoms with Crippen LogP contribution in [-0.2, 0) is 19.4 Å². The number of rotatable bonds is 7. The first kappa shape index (κ1) is 15.8. The summed E-state index contributed by atoms with van der Waals surface area (Å²) in [5.41, 5.74) is 3.38. The number of ether oxygens (including phenoxy) is 1. The minimum atomic E-state index is 0.221. The molecule has 0 saturated heterocycles. The van der Waals surface area contributed by atoms with Gasteiger partial charge in [-0.3, -0.25) is 4.79 Å². The maximum absolute atomic E-state index is 12.7. The number of fused-ring (bicyclic) bond motifs is 1. The van der Waals surface area contributed by atoms with Crippen LogP contribution in [0, 0.1) is 0 Å². The highest BCUT2D eigenvalue weighted by molar-refractivity contribution is 5.98. The molecule has 1 heterocycles. The van der Waals surface area contributed by atoms with Crippen LogP contribution < -0.4 is 4.74 Å². The Labute approximate surface area is 137 Å². The van der Waals surface area contributed by atoms with Gasteiger partial charge in [-0.05, 0) is 55.4 Å². The van der Waals surface area contributed by atoms with Gasteiger partial charge >= 0.3 is 0 Å².